The van der Waals surface area contributed by atoms with E-state index in [2.05, 4.69) is 24.9 Å². The molecule has 0 radical (unpaired) electrons. The van der Waals surface area contributed by atoms with Crippen LogP contribution in [0.25, 0.3) is 0 Å². The minimum atomic E-state index is -0.553. The zero-order valence-corrected chi connectivity index (χ0v) is 16.7. The first-order chi connectivity index (χ1) is 13.7. The standard InChI is InChI=1S/C20H21N4O4P/c21-18(28)19-8-20(9-19,10-19)24-16(27)13-6-14(25)12(7-22-13)15(26)23-17(29)11-4-2-1-3-5-11/h1-7,17H,8-10,29H2,(H2,21,28)(H,22,25)(H,23,26)(H,24,27). The maximum Gasteiger partial charge on any atom is 0.268 e. The van der Waals surface area contributed by atoms with Crippen molar-refractivity contribution in [3.8, 4) is 0 Å². The van der Waals surface area contributed by atoms with Gasteiger partial charge in [-0.15, -0.1) is 9.24 Å². The van der Waals surface area contributed by atoms with Crippen LogP contribution in [0.1, 0.15) is 51.5 Å². The predicted octanol–water partition coefficient (Wildman–Crippen LogP) is 0.816. The first-order valence-electron chi connectivity index (χ1n) is 9.20. The molecule has 2 unspecified atom stereocenters. The topological polar surface area (TPSA) is 134 Å². The second-order valence-electron chi connectivity index (χ2n) is 7.90. The Morgan fingerprint density at radius 3 is 2.34 bits per heavy atom. The van der Waals surface area contributed by atoms with Crippen molar-refractivity contribution in [1.29, 1.82) is 0 Å². The lowest BCUT2D eigenvalue weighted by molar-refractivity contribution is -0.174. The van der Waals surface area contributed by atoms with Gasteiger partial charge in [0, 0.05) is 17.8 Å². The monoisotopic (exact) mass is 412 g/mol. The van der Waals surface area contributed by atoms with Crippen molar-refractivity contribution in [2.45, 2.75) is 30.6 Å². The van der Waals surface area contributed by atoms with Crippen LogP contribution >= 0.6 is 9.24 Å². The van der Waals surface area contributed by atoms with Gasteiger partial charge in [0.2, 0.25) is 5.91 Å². The fourth-order valence-corrected chi connectivity index (χ4v) is 4.61. The Kier molecular flexibility index (Phi) is 4.54. The minimum Gasteiger partial charge on any atom is -0.369 e. The highest BCUT2D eigenvalue weighted by Crippen LogP contribution is 2.66. The van der Waals surface area contributed by atoms with Gasteiger partial charge in [0.05, 0.1) is 11.2 Å². The molecule has 9 heteroatoms. The lowest BCUT2D eigenvalue weighted by Crippen LogP contribution is -2.78. The summed E-state index contributed by atoms with van der Waals surface area (Å²) < 4.78 is 0. The van der Waals surface area contributed by atoms with Crippen LogP contribution in [0.3, 0.4) is 0 Å². The molecule has 8 nitrogen and oxygen atoms in total. The number of nitrogens with two attached hydrogens (primary N) is 1. The molecule has 0 aliphatic heterocycles. The molecule has 2 aromatic rings. The van der Waals surface area contributed by atoms with E-state index in [9.17, 15) is 19.2 Å². The fourth-order valence-electron chi connectivity index (χ4n) is 4.23. The molecule has 29 heavy (non-hydrogen) atoms. The van der Waals surface area contributed by atoms with Crippen molar-refractivity contribution in [2.24, 2.45) is 11.1 Å². The molecule has 3 fully saturated rings. The van der Waals surface area contributed by atoms with Crippen molar-refractivity contribution < 1.29 is 14.4 Å². The van der Waals surface area contributed by atoms with E-state index in [0.29, 0.717) is 19.3 Å². The second-order valence-corrected chi connectivity index (χ2v) is 8.56. The van der Waals surface area contributed by atoms with Gasteiger partial charge < -0.3 is 21.4 Å². The Morgan fingerprint density at radius 2 is 1.76 bits per heavy atom. The number of aromatic nitrogens is 1. The largest absolute Gasteiger partial charge is 0.369 e. The zero-order chi connectivity index (χ0) is 20.8. The number of hydrogen-bond acceptors (Lipinski definition) is 4. The van der Waals surface area contributed by atoms with E-state index in [1.165, 1.54) is 6.20 Å². The molecule has 3 amide bonds. The predicted molar refractivity (Wildman–Crippen MR) is 109 cm³/mol. The zero-order valence-electron chi connectivity index (χ0n) is 15.5. The fraction of sp³-hybridized carbons (Fsp3) is 0.300. The van der Waals surface area contributed by atoms with E-state index >= 15 is 0 Å². The van der Waals surface area contributed by atoms with Crippen molar-refractivity contribution in [2.75, 3.05) is 0 Å². The summed E-state index contributed by atoms with van der Waals surface area (Å²) in [7, 11) is 2.51. The van der Waals surface area contributed by atoms with Gasteiger partial charge in [0.15, 0.2) is 5.43 Å². The third-order valence-corrected chi connectivity index (χ3v) is 6.33. The van der Waals surface area contributed by atoms with Gasteiger partial charge in [0.1, 0.15) is 11.3 Å². The van der Waals surface area contributed by atoms with Crippen LogP contribution in [-0.2, 0) is 4.79 Å². The van der Waals surface area contributed by atoms with E-state index in [4.69, 9.17) is 5.73 Å². The Bertz CT molecular complexity index is 1050. The molecule has 1 aromatic carbocycles. The molecule has 0 spiro atoms. The van der Waals surface area contributed by atoms with Gasteiger partial charge in [0.25, 0.3) is 11.8 Å². The normalized spacial score (nSPS) is 25.1. The number of amides is 3. The average molecular weight is 412 g/mol. The summed E-state index contributed by atoms with van der Waals surface area (Å²) in [6.45, 7) is 0. The lowest BCUT2D eigenvalue weighted by Gasteiger charge is -2.68. The van der Waals surface area contributed by atoms with Crippen LogP contribution in [0.2, 0.25) is 0 Å². The first-order valence-corrected chi connectivity index (χ1v) is 9.87. The van der Waals surface area contributed by atoms with Gasteiger partial charge in [-0.3, -0.25) is 19.2 Å². The van der Waals surface area contributed by atoms with Crippen molar-refractivity contribution in [3.05, 3.63) is 69.6 Å². The van der Waals surface area contributed by atoms with E-state index in [-0.39, 0.29) is 22.9 Å². The summed E-state index contributed by atoms with van der Waals surface area (Å²) in [4.78, 5) is 51.3. The van der Waals surface area contributed by atoms with Crippen LogP contribution in [0.15, 0.2) is 47.4 Å². The number of primary amides is 1. The van der Waals surface area contributed by atoms with E-state index in [1.807, 2.05) is 30.3 Å². The summed E-state index contributed by atoms with van der Waals surface area (Å²) in [5.41, 5.74) is 4.79. The van der Waals surface area contributed by atoms with Crippen molar-refractivity contribution >= 4 is 27.0 Å². The Balaban J connectivity index is 1.40. The Labute approximate surface area is 168 Å². The number of carbonyl (C=O) groups is 3. The van der Waals surface area contributed by atoms with Gasteiger partial charge >= 0.3 is 0 Å². The number of rotatable bonds is 6. The highest BCUT2D eigenvalue weighted by Gasteiger charge is 2.71. The summed E-state index contributed by atoms with van der Waals surface area (Å²) in [5.74, 6) is -1.67. The quantitative estimate of drug-likeness (QED) is 0.523. The summed E-state index contributed by atoms with van der Waals surface area (Å²) in [6, 6.07) is 10.4. The highest BCUT2D eigenvalue weighted by molar-refractivity contribution is 7.17. The molecule has 150 valence electrons. The lowest BCUT2D eigenvalue weighted by atomic mass is 9.39. The molecule has 0 saturated heterocycles. The molecule has 2 bridgehead atoms. The van der Waals surface area contributed by atoms with Crippen LogP contribution in [-0.4, -0.2) is 28.2 Å². The maximum absolute atomic E-state index is 12.4. The molecule has 1 heterocycles. The van der Waals surface area contributed by atoms with Crippen molar-refractivity contribution in [1.82, 2.24) is 15.6 Å². The molecule has 1 aromatic heterocycles. The number of hydrogen-bond donors (Lipinski definition) is 4. The summed E-state index contributed by atoms with van der Waals surface area (Å²) in [6.07, 6.45) is 2.82. The van der Waals surface area contributed by atoms with Gasteiger partial charge in [-0.2, -0.15) is 0 Å². The van der Waals surface area contributed by atoms with Crippen LogP contribution in [0.5, 0.6) is 0 Å². The van der Waals surface area contributed by atoms with Gasteiger partial charge in [-0.25, -0.2) is 0 Å². The Morgan fingerprint density at radius 1 is 1.10 bits per heavy atom. The third-order valence-electron chi connectivity index (χ3n) is 5.78. The number of pyridine rings is 1. The molecular formula is C20H21N4O4P. The molecular weight excluding hydrogens is 391 g/mol. The maximum atomic E-state index is 12.4. The van der Waals surface area contributed by atoms with E-state index in [1.54, 1.807) is 0 Å². The molecule has 2 atom stereocenters. The van der Waals surface area contributed by atoms with Crippen LogP contribution in [0.4, 0.5) is 0 Å². The number of benzene rings is 1. The van der Waals surface area contributed by atoms with Gasteiger partial charge in [-0.1, -0.05) is 30.3 Å². The third kappa shape index (κ3) is 3.34. The molecule has 5 rings (SSSR count). The SMILES string of the molecule is NC(=O)C12CC(NC(=O)c3cc(=O)c(C(=O)NC(P)c4ccccc4)c[nH]3)(C1)C2. The molecule has 3 saturated carbocycles. The van der Waals surface area contributed by atoms with Crippen LogP contribution in [0, 0.1) is 5.41 Å². The summed E-state index contributed by atoms with van der Waals surface area (Å²) >= 11 is 0. The number of H-pyrrole nitrogens is 1. The molecule has 5 N–H and O–H groups in total. The highest BCUT2D eigenvalue weighted by atomic mass is 31.0. The van der Waals surface area contributed by atoms with E-state index < -0.39 is 28.2 Å². The number of carbonyl (C=O) groups excluding carboxylic acids is 3. The molecule has 3 aliphatic carbocycles. The number of nitrogens with one attached hydrogen (secondary N) is 3. The smallest absolute Gasteiger partial charge is 0.268 e. The summed E-state index contributed by atoms with van der Waals surface area (Å²) in [5, 5.41) is 5.60. The van der Waals surface area contributed by atoms with Crippen LogP contribution < -0.4 is 21.8 Å². The minimum absolute atomic E-state index is 0.0647. The van der Waals surface area contributed by atoms with Crippen molar-refractivity contribution in [3.63, 3.8) is 0 Å². The number of aromatic amines is 1. The second kappa shape index (κ2) is 6.81. The Hall–Kier alpha value is -2.99. The average Bonchev–Trinajstić information content (AvgIpc) is 2.63. The molecule has 3 aliphatic rings. The van der Waals surface area contributed by atoms with E-state index in [0.717, 1.165) is 11.6 Å². The first kappa shape index (κ1) is 19.3. The van der Waals surface area contributed by atoms with Gasteiger partial charge in [-0.05, 0) is 24.8 Å².